The number of alkyl halides is 1. The molecular weight excluding hydrogens is 187 g/mol. The molecule has 0 radical (unpaired) electrons. The van der Waals surface area contributed by atoms with Gasteiger partial charge in [0.25, 0.3) is 0 Å². The fourth-order valence-electron chi connectivity index (χ4n) is 0.864. The second-order valence-electron chi connectivity index (χ2n) is 2.30. The third kappa shape index (κ3) is 1.88. The van der Waals surface area contributed by atoms with Crippen LogP contribution in [-0.2, 0) is 11.7 Å². The van der Waals surface area contributed by atoms with Crippen molar-refractivity contribution in [1.82, 2.24) is 0 Å². The first kappa shape index (κ1) is 7.87. The second-order valence-corrected chi connectivity index (χ2v) is 2.86. The van der Waals surface area contributed by atoms with Crippen molar-refractivity contribution < 1.29 is 0 Å². The molecule has 0 heterocycles. The molecule has 0 aromatic heterocycles. The largest absolute Gasteiger partial charge is 0.107 e. The molecule has 0 N–H and O–H groups in total. The lowest BCUT2D eigenvalue weighted by Crippen LogP contribution is -1.83. The number of halogens is 1. The van der Waals surface area contributed by atoms with Crippen molar-refractivity contribution in [2.24, 2.45) is 0 Å². The molecule has 1 rings (SSSR count). The average molecular weight is 197 g/mol. The van der Waals surface area contributed by atoms with E-state index in [0.717, 1.165) is 11.7 Å². The number of benzene rings is 1. The van der Waals surface area contributed by atoms with Crippen LogP contribution >= 0.6 is 15.9 Å². The zero-order valence-corrected chi connectivity index (χ0v) is 7.69. The molecule has 0 unspecified atom stereocenters. The zero-order chi connectivity index (χ0) is 7.40. The van der Waals surface area contributed by atoms with E-state index in [1.807, 2.05) is 0 Å². The summed E-state index contributed by atoms with van der Waals surface area (Å²) in [4.78, 5) is 0. The Morgan fingerprint density at radius 3 is 2.00 bits per heavy atom. The first-order valence-electron chi connectivity index (χ1n) is 3.50. The van der Waals surface area contributed by atoms with Crippen LogP contribution in [0.3, 0.4) is 0 Å². The third-order valence-electron chi connectivity index (χ3n) is 1.59. The van der Waals surface area contributed by atoms with Gasteiger partial charge in [0.05, 0.1) is 0 Å². The lowest BCUT2D eigenvalue weighted by Gasteiger charge is -1.96. The smallest absolute Gasteiger partial charge is 0.0876 e. The normalized spacial score (nSPS) is 9.70. The minimum Gasteiger partial charge on any atom is -0.0876 e. The predicted octanol–water partition coefficient (Wildman–Crippen LogP) is 1.71. The van der Waals surface area contributed by atoms with Crippen molar-refractivity contribution in [1.29, 1.82) is 0 Å². The lowest BCUT2D eigenvalue weighted by molar-refractivity contribution is 1.35. The van der Waals surface area contributed by atoms with E-state index < -0.39 is 0 Å². The summed E-state index contributed by atoms with van der Waals surface area (Å²) in [5.41, 5.74) is 2.75. The van der Waals surface area contributed by atoms with Gasteiger partial charge in [-0.25, -0.2) is 0 Å². The first-order chi connectivity index (χ1) is 4.86. The standard InChI is InChI=1S/C8H10BBr/c9-5-7-1-3-8(6-10)4-2-7/h1-4H,5-6,9H2. The Labute approximate surface area is 71.2 Å². The van der Waals surface area contributed by atoms with Gasteiger partial charge in [-0.15, -0.1) is 0 Å². The van der Waals surface area contributed by atoms with Gasteiger partial charge >= 0.3 is 0 Å². The van der Waals surface area contributed by atoms with Crippen LogP contribution in [-0.4, -0.2) is 7.85 Å². The van der Waals surface area contributed by atoms with Crippen LogP contribution in [0.1, 0.15) is 11.1 Å². The number of hydrogen-bond acceptors (Lipinski definition) is 0. The fraction of sp³-hybridized carbons (Fsp3) is 0.250. The summed E-state index contributed by atoms with van der Waals surface area (Å²) >= 11 is 3.40. The molecule has 0 saturated carbocycles. The summed E-state index contributed by atoms with van der Waals surface area (Å²) < 4.78 is 0. The summed E-state index contributed by atoms with van der Waals surface area (Å²) in [7, 11) is 2.17. The van der Waals surface area contributed by atoms with Crippen LogP contribution in [0.15, 0.2) is 24.3 Å². The Kier molecular flexibility index (Phi) is 3.00. The van der Waals surface area contributed by atoms with Crippen LogP contribution in [0, 0.1) is 0 Å². The Morgan fingerprint density at radius 2 is 1.60 bits per heavy atom. The molecule has 52 valence electrons. The highest BCUT2D eigenvalue weighted by Crippen LogP contribution is 2.07. The molecule has 0 nitrogen and oxygen atoms in total. The fourth-order valence-corrected chi connectivity index (χ4v) is 1.24. The number of rotatable bonds is 2. The van der Waals surface area contributed by atoms with Gasteiger partial charge in [0.15, 0.2) is 0 Å². The Bertz CT molecular complexity index is 170. The quantitative estimate of drug-likeness (QED) is 0.500. The highest BCUT2D eigenvalue weighted by Gasteiger charge is 1.89. The van der Waals surface area contributed by atoms with Crippen molar-refractivity contribution in [3.63, 3.8) is 0 Å². The van der Waals surface area contributed by atoms with Gasteiger partial charge < -0.3 is 0 Å². The Balaban J connectivity index is 2.80. The van der Waals surface area contributed by atoms with E-state index in [0.29, 0.717) is 0 Å². The van der Waals surface area contributed by atoms with Crippen molar-refractivity contribution in [3.8, 4) is 0 Å². The summed E-state index contributed by atoms with van der Waals surface area (Å²) in [6, 6.07) is 8.67. The molecule has 1 aromatic rings. The molecular formula is C8H10BBr. The molecule has 0 aliphatic rings. The minimum atomic E-state index is 0.955. The van der Waals surface area contributed by atoms with Crippen molar-refractivity contribution in [3.05, 3.63) is 35.4 Å². The number of hydrogen-bond donors (Lipinski definition) is 0. The second kappa shape index (κ2) is 3.82. The molecule has 2 heteroatoms. The topological polar surface area (TPSA) is 0 Å². The monoisotopic (exact) mass is 196 g/mol. The first-order valence-corrected chi connectivity index (χ1v) is 4.62. The minimum absolute atomic E-state index is 0.955. The molecule has 0 saturated heterocycles. The highest BCUT2D eigenvalue weighted by atomic mass is 79.9. The van der Waals surface area contributed by atoms with E-state index in [1.165, 1.54) is 11.1 Å². The summed E-state index contributed by atoms with van der Waals surface area (Å²) in [5, 5.41) is 0.955. The van der Waals surface area contributed by atoms with Crippen LogP contribution in [0.25, 0.3) is 0 Å². The van der Waals surface area contributed by atoms with Crippen LogP contribution < -0.4 is 0 Å². The zero-order valence-electron chi connectivity index (χ0n) is 6.10. The maximum atomic E-state index is 3.40. The summed E-state index contributed by atoms with van der Waals surface area (Å²) in [5.74, 6) is 0. The predicted molar refractivity (Wildman–Crippen MR) is 51.3 cm³/mol. The average Bonchev–Trinajstić information content (AvgIpc) is 2.05. The molecule has 0 spiro atoms. The molecule has 0 aliphatic carbocycles. The molecule has 0 fully saturated rings. The van der Waals surface area contributed by atoms with Crippen LogP contribution in [0.5, 0.6) is 0 Å². The van der Waals surface area contributed by atoms with Gasteiger partial charge in [0, 0.05) is 5.33 Å². The van der Waals surface area contributed by atoms with Gasteiger partial charge in [0.1, 0.15) is 7.85 Å². The maximum Gasteiger partial charge on any atom is 0.107 e. The van der Waals surface area contributed by atoms with E-state index in [9.17, 15) is 0 Å². The van der Waals surface area contributed by atoms with E-state index in [4.69, 9.17) is 0 Å². The van der Waals surface area contributed by atoms with E-state index in [2.05, 4.69) is 48.0 Å². The van der Waals surface area contributed by atoms with Crippen molar-refractivity contribution >= 4 is 23.8 Å². The lowest BCUT2D eigenvalue weighted by atomic mass is 9.96. The van der Waals surface area contributed by atoms with Gasteiger partial charge in [-0.05, 0) is 5.56 Å². The van der Waals surface area contributed by atoms with E-state index in [1.54, 1.807) is 0 Å². The maximum absolute atomic E-state index is 3.40. The molecule has 1 aromatic carbocycles. The third-order valence-corrected chi connectivity index (χ3v) is 2.23. The van der Waals surface area contributed by atoms with Crippen molar-refractivity contribution in [2.45, 2.75) is 11.7 Å². The summed E-state index contributed by atoms with van der Waals surface area (Å²) in [6.45, 7) is 0. The van der Waals surface area contributed by atoms with Gasteiger partial charge in [-0.2, -0.15) is 0 Å². The van der Waals surface area contributed by atoms with Gasteiger partial charge in [-0.3, -0.25) is 0 Å². The molecule has 10 heavy (non-hydrogen) atoms. The SMILES string of the molecule is BCc1ccc(CBr)cc1. The molecule has 0 bridgehead atoms. The van der Waals surface area contributed by atoms with E-state index >= 15 is 0 Å². The van der Waals surface area contributed by atoms with E-state index in [-0.39, 0.29) is 0 Å². The molecule has 0 amide bonds. The van der Waals surface area contributed by atoms with Gasteiger partial charge in [0.2, 0.25) is 0 Å². The van der Waals surface area contributed by atoms with Crippen LogP contribution in [0.4, 0.5) is 0 Å². The Morgan fingerprint density at radius 1 is 1.10 bits per heavy atom. The Hall–Kier alpha value is -0.235. The van der Waals surface area contributed by atoms with Crippen molar-refractivity contribution in [2.75, 3.05) is 0 Å². The molecule has 0 aliphatic heterocycles. The van der Waals surface area contributed by atoms with Gasteiger partial charge in [-0.1, -0.05) is 52.1 Å². The highest BCUT2D eigenvalue weighted by molar-refractivity contribution is 9.08. The summed E-state index contributed by atoms with van der Waals surface area (Å²) in [6.07, 6.45) is 1.13. The molecule has 0 atom stereocenters. The van der Waals surface area contributed by atoms with Crippen LogP contribution in [0.2, 0.25) is 0 Å².